The summed E-state index contributed by atoms with van der Waals surface area (Å²) in [6, 6.07) is 4.92. The summed E-state index contributed by atoms with van der Waals surface area (Å²) >= 11 is 0. The van der Waals surface area contributed by atoms with E-state index in [1.54, 1.807) is 6.07 Å². The van der Waals surface area contributed by atoms with Crippen LogP contribution in [0.2, 0.25) is 0 Å². The Hall–Kier alpha value is -2.90. The number of urea groups is 1. The van der Waals surface area contributed by atoms with E-state index in [1.807, 2.05) is 26.0 Å². The third-order valence-electron chi connectivity index (χ3n) is 3.76. The van der Waals surface area contributed by atoms with Crippen LogP contribution in [0.15, 0.2) is 18.2 Å². The Morgan fingerprint density at radius 1 is 1.25 bits per heavy atom. The average Bonchev–Trinajstić information content (AvgIpc) is 2.76. The molecule has 1 aromatic carbocycles. The van der Waals surface area contributed by atoms with Gasteiger partial charge < -0.3 is 15.0 Å². The molecule has 1 saturated heterocycles. The van der Waals surface area contributed by atoms with Gasteiger partial charge in [0, 0.05) is 12.7 Å². The van der Waals surface area contributed by atoms with E-state index >= 15 is 0 Å². The molecular formula is C16H19N3O5. The summed E-state index contributed by atoms with van der Waals surface area (Å²) in [4.78, 5) is 48.8. The SMILES string of the molecule is Cc1cccc(NC(=O)COC(=O)CN2C(=O)CN(C)C2=O)c1C. The molecule has 8 heteroatoms. The lowest BCUT2D eigenvalue weighted by atomic mass is 10.1. The summed E-state index contributed by atoms with van der Waals surface area (Å²) in [7, 11) is 1.46. The van der Waals surface area contributed by atoms with E-state index in [4.69, 9.17) is 4.74 Å². The highest BCUT2D eigenvalue weighted by Gasteiger charge is 2.35. The van der Waals surface area contributed by atoms with Gasteiger partial charge in [-0.3, -0.25) is 19.3 Å². The van der Waals surface area contributed by atoms with E-state index < -0.39 is 37.0 Å². The normalized spacial score (nSPS) is 14.1. The Kier molecular flexibility index (Phi) is 5.18. The number of carbonyl (C=O) groups excluding carboxylic acids is 4. The minimum Gasteiger partial charge on any atom is -0.454 e. The largest absolute Gasteiger partial charge is 0.454 e. The zero-order valence-corrected chi connectivity index (χ0v) is 13.8. The molecule has 24 heavy (non-hydrogen) atoms. The average molecular weight is 333 g/mol. The molecular weight excluding hydrogens is 314 g/mol. The first-order valence-electron chi connectivity index (χ1n) is 7.36. The Morgan fingerprint density at radius 3 is 2.58 bits per heavy atom. The fraction of sp³-hybridized carbons (Fsp3) is 0.375. The fourth-order valence-electron chi connectivity index (χ4n) is 2.22. The molecule has 4 amide bonds. The van der Waals surface area contributed by atoms with Crippen LogP contribution in [0.5, 0.6) is 0 Å². The third kappa shape index (κ3) is 3.89. The molecule has 0 unspecified atom stereocenters. The van der Waals surface area contributed by atoms with Gasteiger partial charge in [-0.15, -0.1) is 0 Å². The lowest BCUT2D eigenvalue weighted by molar-refractivity contribution is -0.149. The highest BCUT2D eigenvalue weighted by molar-refractivity contribution is 6.04. The Labute approximate surface area is 139 Å². The molecule has 128 valence electrons. The molecule has 0 spiro atoms. The topological polar surface area (TPSA) is 96.0 Å². The van der Waals surface area contributed by atoms with Gasteiger partial charge in [0.2, 0.25) is 0 Å². The second-order valence-electron chi connectivity index (χ2n) is 5.57. The first kappa shape index (κ1) is 17.5. The molecule has 0 aromatic heterocycles. The number of benzene rings is 1. The summed E-state index contributed by atoms with van der Waals surface area (Å²) < 4.78 is 4.82. The van der Waals surface area contributed by atoms with E-state index in [1.165, 1.54) is 11.9 Å². The number of rotatable bonds is 5. The number of likely N-dealkylation sites (N-methyl/N-ethyl adjacent to an activating group) is 1. The van der Waals surface area contributed by atoms with Crippen molar-refractivity contribution in [3.8, 4) is 0 Å². The summed E-state index contributed by atoms with van der Waals surface area (Å²) in [5, 5.41) is 2.65. The van der Waals surface area contributed by atoms with Crippen LogP contribution in [0.3, 0.4) is 0 Å². The van der Waals surface area contributed by atoms with Gasteiger partial charge >= 0.3 is 12.0 Å². The van der Waals surface area contributed by atoms with E-state index in [0.29, 0.717) is 5.69 Å². The number of nitrogens with zero attached hydrogens (tertiary/aromatic N) is 2. The van der Waals surface area contributed by atoms with Crippen molar-refractivity contribution in [2.75, 3.05) is 32.1 Å². The number of hydrogen-bond acceptors (Lipinski definition) is 5. The minimum absolute atomic E-state index is 0.0702. The van der Waals surface area contributed by atoms with Crippen LogP contribution in [-0.4, -0.2) is 60.4 Å². The van der Waals surface area contributed by atoms with Crippen molar-refractivity contribution >= 4 is 29.5 Å². The molecule has 1 N–H and O–H groups in total. The van der Waals surface area contributed by atoms with Crippen molar-refractivity contribution in [1.82, 2.24) is 9.80 Å². The zero-order valence-electron chi connectivity index (χ0n) is 13.8. The highest BCUT2D eigenvalue weighted by Crippen LogP contribution is 2.17. The zero-order chi connectivity index (χ0) is 17.9. The standard InChI is InChI=1S/C16H19N3O5/c1-10-5-4-6-12(11(10)2)17-13(20)9-24-15(22)8-19-14(21)7-18(3)16(19)23/h4-6H,7-9H2,1-3H3,(H,17,20). The Morgan fingerprint density at radius 2 is 1.96 bits per heavy atom. The van der Waals surface area contributed by atoms with Crippen molar-refractivity contribution in [2.24, 2.45) is 0 Å². The lowest BCUT2D eigenvalue weighted by Gasteiger charge is -2.14. The molecule has 1 fully saturated rings. The Balaban J connectivity index is 1.83. The van der Waals surface area contributed by atoms with Crippen LogP contribution in [0, 0.1) is 13.8 Å². The van der Waals surface area contributed by atoms with Crippen molar-refractivity contribution in [3.05, 3.63) is 29.3 Å². The lowest BCUT2D eigenvalue weighted by Crippen LogP contribution is -2.37. The maximum Gasteiger partial charge on any atom is 0.327 e. The van der Waals surface area contributed by atoms with Crippen LogP contribution < -0.4 is 5.32 Å². The predicted octanol–water partition coefficient (Wildman–Crippen LogP) is 0.679. The monoisotopic (exact) mass is 333 g/mol. The van der Waals surface area contributed by atoms with Crippen LogP contribution in [0.1, 0.15) is 11.1 Å². The molecule has 1 aliphatic heterocycles. The smallest absolute Gasteiger partial charge is 0.327 e. The van der Waals surface area contributed by atoms with E-state index in [-0.39, 0.29) is 6.54 Å². The number of ether oxygens (including phenoxy) is 1. The van der Waals surface area contributed by atoms with Gasteiger partial charge in [0.25, 0.3) is 11.8 Å². The quantitative estimate of drug-likeness (QED) is 0.631. The first-order valence-corrected chi connectivity index (χ1v) is 7.36. The molecule has 2 rings (SSSR count). The number of aryl methyl sites for hydroxylation is 1. The number of esters is 1. The number of anilines is 1. The summed E-state index contributed by atoms with van der Waals surface area (Å²) in [6.07, 6.45) is 0. The van der Waals surface area contributed by atoms with E-state index in [2.05, 4.69) is 5.32 Å². The van der Waals surface area contributed by atoms with Crippen molar-refractivity contribution in [3.63, 3.8) is 0 Å². The van der Waals surface area contributed by atoms with Gasteiger partial charge in [0.05, 0.1) is 0 Å². The molecule has 0 bridgehead atoms. The number of carbonyl (C=O) groups is 4. The van der Waals surface area contributed by atoms with Gasteiger partial charge in [-0.1, -0.05) is 12.1 Å². The summed E-state index contributed by atoms with van der Waals surface area (Å²) in [5.74, 6) is -1.78. The van der Waals surface area contributed by atoms with Gasteiger partial charge in [0.1, 0.15) is 13.1 Å². The maximum absolute atomic E-state index is 11.9. The number of imide groups is 1. The molecule has 1 heterocycles. The molecule has 1 aromatic rings. The third-order valence-corrected chi connectivity index (χ3v) is 3.76. The van der Waals surface area contributed by atoms with Crippen molar-refractivity contribution < 1.29 is 23.9 Å². The molecule has 8 nitrogen and oxygen atoms in total. The molecule has 0 atom stereocenters. The Bertz CT molecular complexity index is 701. The van der Waals surface area contributed by atoms with Crippen molar-refractivity contribution in [2.45, 2.75) is 13.8 Å². The molecule has 1 aliphatic rings. The maximum atomic E-state index is 11.9. The predicted molar refractivity (Wildman–Crippen MR) is 85.2 cm³/mol. The van der Waals surface area contributed by atoms with Crippen LogP contribution in [0.4, 0.5) is 10.5 Å². The second kappa shape index (κ2) is 7.12. The number of amides is 4. The van der Waals surface area contributed by atoms with Gasteiger partial charge in [-0.05, 0) is 31.0 Å². The van der Waals surface area contributed by atoms with Gasteiger partial charge in [-0.2, -0.15) is 0 Å². The summed E-state index contributed by atoms with van der Waals surface area (Å²) in [6.45, 7) is 2.74. The summed E-state index contributed by atoms with van der Waals surface area (Å²) in [5.41, 5.74) is 2.59. The van der Waals surface area contributed by atoms with Gasteiger partial charge in [-0.25, -0.2) is 4.79 Å². The van der Waals surface area contributed by atoms with E-state index in [0.717, 1.165) is 16.0 Å². The van der Waals surface area contributed by atoms with Crippen LogP contribution in [0.25, 0.3) is 0 Å². The van der Waals surface area contributed by atoms with Gasteiger partial charge in [0.15, 0.2) is 6.61 Å². The highest BCUT2D eigenvalue weighted by atomic mass is 16.5. The van der Waals surface area contributed by atoms with Crippen LogP contribution in [-0.2, 0) is 19.1 Å². The van der Waals surface area contributed by atoms with Crippen molar-refractivity contribution in [1.29, 1.82) is 0 Å². The number of hydrogen-bond donors (Lipinski definition) is 1. The molecule has 0 radical (unpaired) electrons. The molecule has 0 saturated carbocycles. The van der Waals surface area contributed by atoms with Crippen LogP contribution >= 0.6 is 0 Å². The second-order valence-corrected chi connectivity index (χ2v) is 5.57. The first-order chi connectivity index (χ1) is 11.3. The van der Waals surface area contributed by atoms with E-state index in [9.17, 15) is 19.2 Å². The number of nitrogens with one attached hydrogen (secondary N) is 1. The fourth-order valence-corrected chi connectivity index (χ4v) is 2.22. The molecule has 0 aliphatic carbocycles. The minimum atomic E-state index is -0.817.